The Morgan fingerprint density at radius 2 is 1.69 bits per heavy atom. The molecule has 1 heterocycles. The molecule has 1 saturated heterocycles. The molecule has 0 aromatic heterocycles. The van der Waals surface area contributed by atoms with Crippen LogP contribution in [0, 0.1) is 6.92 Å². The molecule has 3 aromatic carbocycles. The minimum Gasteiger partial charge on any atom is -0.495 e. The number of rotatable bonds is 7. The van der Waals surface area contributed by atoms with Gasteiger partial charge in [-0.05, 0) is 55.0 Å². The predicted octanol–water partition coefficient (Wildman–Crippen LogP) is 4.20. The first-order chi connectivity index (χ1) is 16.8. The van der Waals surface area contributed by atoms with Gasteiger partial charge in [0.15, 0.2) is 0 Å². The van der Waals surface area contributed by atoms with Crippen molar-refractivity contribution in [1.29, 1.82) is 0 Å². The number of amides is 1. The molecular weight excluding hydrogens is 486 g/mol. The Kier molecular flexibility index (Phi) is 7.52. The number of ether oxygens (including phenoxy) is 1. The summed E-state index contributed by atoms with van der Waals surface area (Å²) in [6.07, 6.45) is 0. The first kappa shape index (κ1) is 24.9. The van der Waals surface area contributed by atoms with Gasteiger partial charge in [0.1, 0.15) is 12.3 Å². The minimum absolute atomic E-state index is 0.113. The van der Waals surface area contributed by atoms with Crippen LogP contribution < -0.4 is 13.9 Å². The highest BCUT2D eigenvalue weighted by Crippen LogP contribution is 2.33. The number of carbonyl (C=O) groups excluding carboxylic acids is 1. The lowest BCUT2D eigenvalue weighted by molar-refractivity contribution is -0.129. The van der Waals surface area contributed by atoms with Crippen LogP contribution in [0.5, 0.6) is 5.75 Å². The zero-order chi connectivity index (χ0) is 25.0. The third kappa shape index (κ3) is 5.55. The fourth-order valence-electron chi connectivity index (χ4n) is 4.12. The lowest BCUT2D eigenvalue weighted by atomic mass is 10.2. The van der Waals surface area contributed by atoms with E-state index in [1.165, 1.54) is 19.2 Å². The van der Waals surface area contributed by atoms with Crippen molar-refractivity contribution in [3.05, 3.63) is 83.4 Å². The molecule has 0 radical (unpaired) electrons. The number of aryl methyl sites for hydroxylation is 1. The first-order valence-corrected chi connectivity index (χ1v) is 13.1. The van der Waals surface area contributed by atoms with E-state index < -0.39 is 10.0 Å². The molecule has 184 valence electrons. The molecule has 3 aromatic rings. The normalized spacial score (nSPS) is 14.0. The van der Waals surface area contributed by atoms with Gasteiger partial charge in [-0.1, -0.05) is 41.9 Å². The van der Waals surface area contributed by atoms with Crippen molar-refractivity contribution in [3.8, 4) is 5.75 Å². The van der Waals surface area contributed by atoms with Gasteiger partial charge >= 0.3 is 0 Å². The summed E-state index contributed by atoms with van der Waals surface area (Å²) in [6.45, 7) is 3.77. The summed E-state index contributed by atoms with van der Waals surface area (Å²) < 4.78 is 34.0. The number of halogens is 1. The molecule has 0 bridgehead atoms. The van der Waals surface area contributed by atoms with Crippen molar-refractivity contribution >= 4 is 38.9 Å². The molecule has 1 aliphatic heterocycles. The van der Waals surface area contributed by atoms with Gasteiger partial charge < -0.3 is 14.5 Å². The van der Waals surface area contributed by atoms with Crippen LogP contribution in [0.1, 0.15) is 5.56 Å². The van der Waals surface area contributed by atoms with Crippen molar-refractivity contribution in [1.82, 2.24) is 4.90 Å². The van der Waals surface area contributed by atoms with Crippen LogP contribution in [0.4, 0.5) is 11.4 Å². The smallest absolute Gasteiger partial charge is 0.264 e. The van der Waals surface area contributed by atoms with E-state index in [-0.39, 0.29) is 17.3 Å². The summed E-state index contributed by atoms with van der Waals surface area (Å²) in [5.41, 5.74) is 2.20. The molecule has 0 saturated carbocycles. The van der Waals surface area contributed by atoms with E-state index >= 15 is 0 Å². The zero-order valence-corrected chi connectivity index (χ0v) is 21.3. The van der Waals surface area contributed by atoms with E-state index in [2.05, 4.69) is 4.90 Å². The van der Waals surface area contributed by atoms with E-state index in [0.717, 1.165) is 15.6 Å². The number of hydrogen-bond acceptors (Lipinski definition) is 5. The van der Waals surface area contributed by atoms with E-state index in [1.807, 2.05) is 37.3 Å². The molecule has 35 heavy (non-hydrogen) atoms. The van der Waals surface area contributed by atoms with E-state index in [0.29, 0.717) is 42.6 Å². The summed E-state index contributed by atoms with van der Waals surface area (Å²) in [4.78, 5) is 17.4. The van der Waals surface area contributed by atoms with Crippen LogP contribution in [-0.2, 0) is 14.8 Å². The molecule has 7 nitrogen and oxygen atoms in total. The Morgan fingerprint density at radius 3 is 2.34 bits per heavy atom. The van der Waals surface area contributed by atoms with Crippen LogP contribution >= 0.6 is 11.6 Å². The number of hydrogen-bond donors (Lipinski definition) is 0. The van der Waals surface area contributed by atoms with Crippen molar-refractivity contribution in [3.63, 3.8) is 0 Å². The topological polar surface area (TPSA) is 70.2 Å². The van der Waals surface area contributed by atoms with E-state index in [9.17, 15) is 13.2 Å². The van der Waals surface area contributed by atoms with Gasteiger partial charge in [-0.25, -0.2) is 8.42 Å². The quantitative estimate of drug-likeness (QED) is 0.473. The maximum Gasteiger partial charge on any atom is 0.264 e. The number of anilines is 2. The Morgan fingerprint density at radius 1 is 0.971 bits per heavy atom. The molecule has 0 atom stereocenters. The van der Waals surface area contributed by atoms with Gasteiger partial charge in [0.05, 0.1) is 17.7 Å². The summed E-state index contributed by atoms with van der Waals surface area (Å²) in [5, 5.41) is 0.662. The van der Waals surface area contributed by atoms with Crippen LogP contribution in [0.3, 0.4) is 0 Å². The third-order valence-electron chi connectivity index (χ3n) is 6.02. The second-order valence-corrected chi connectivity index (χ2v) is 10.6. The maximum absolute atomic E-state index is 13.7. The van der Waals surface area contributed by atoms with E-state index in [1.54, 1.807) is 35.2 Å². The molecule has 0 aliphatic carbocycles. The van der Waals surface area contributed by atoms with Crippen molar-refractivity contribution in [2.75, 3.05) is 49.0 Å². The fourth-order valence-corrected chi connectivity index (χ4v) is 5.75. The van der Waals surface area contributed by atoms with Gasteiger partial charge in [-0.2, -0.15) is 0 Å². The highest BCUT2D eigenvalue weighted by Gasteiger charge is 2.32. The van der Waals surface area contributed by atoms with Gasteiger partial charge in [-0.3, -0.25) is 9.10 Å². The number of nitrogens with zero attached hydrogens (tertiary/aromatic N) is 3. The number of benzene rings is 3. The molecule has 0 spiro atoms. The average Bonchev–Trinajstić information content (AvgIpc) is 2.87. The largest absolute Gasteiger partial charge is 0.495 e. The van der Waals surface area contributed by atoms with Crippen LogP contribution in [0.15, 0.2) is 77.7 Å². The number of piperazine rings is 1. The Labute approximate surface area is 211 Å². The fraction of sp³-hybridized carbons (Fsp3) is 0.269. The summed E-state index contributed by atoms with van der Waals surface area (Å²) >= 11 is 6.12. The van der Waals surface area contributed by atoms with Crippen molar-refractivity contribution < 1.29 is 17.9 Å². The van der Waals surface area contributed by atoms with Gasteiger partial charge in [0, 0.05) is 36.9 Å². The SMILES string of the molecule is COc1ccc(C)cc1N(CC(=O)N1CCN(c2cccc(Cl)c2)CC1)S(=O)(=O)c1ccccc1. The molecule has 1 aliphatic rings. The summed E-state index contributed by atoms with van der Waals surface area (Å²) in [6, 6.07) is 21.0. The standard InChI is InChI=1S/C26H28ClN3O4S/c1-20-11-12-25(34-2)24(17-20)30(35(32,33)23-9-4-3-5-10-23)19-26(31)29-15-13-28(14-16-29)22-8-6-7-21(27)18-22/h3-12,17-18H,13-16,19H2,1-2H3. The second kappa shape index (κ2) is 10.6. The molecule has 4 rings (SSSR count). The second-order valence-electron chi connectivity index (χ2n) is 8.35. The Hall–Kier alpha value is -3.23. The van der Waals surface area contributed by atoms with Crippen LogP contribution in [0.2, 0.25) is 5.02 Å². The number of sulfonamides is 1. The lowest BCUT2D eigenvalue weighted by Crippen LogP contribution is -2.52. The highest BCUT2D eigenvalue weighted by molar-refractivity contribution is 7.92. The minimum atomic E-state index is -4.01. The lowest BCUT2D eigenvalue weighted by Gasteiger charge is -2.37. The average molecular weight is 514 g/mol. The monoisotopic (exact) mass is 513 g/mol. The molecular formula is C26H28ClN3O4S. The van der Waals surface area contributed by atoms with E-state index in [4.69, 9.17) is 16.3 Å². The summed E-state index contributed by atoms with van der Waals surface area (Å²) in [5.74, 6) is 0.118. The number of methoxy groups -OCH3 is 1. The molecule has 1 amide bonds. The zero-order valence-electron chi connectivity index (χ0n) is 19.7. The summed E-state index contributed by atoms with van der Waals surface area (Å²) in [7, 11) is -2.53. The predicted molar refractivity (Wildman–Crippen MR) is 139 cm³/mol. The van der Waals surface area contributed by atoms with Gasteiger partial charge in [-0.15, -0.1) is 0 Å². The molecule has 1 fully saturated rings. The molecule has 0 unspecified atom stereocenters. The maximum atomic E-state index is 13.7. The van der Waals surface area contributed by atoms with Crippen LogP contribution in [-0.4, -0.2) is 59.1 Å². The third-order valence-corrected chi connectivity index (χ3v) is 8.03. The molecule has 0 N–H and O–H groups in total. The number of carbonyl (C=O) groups is 1. The Bertz CT molecular complexity index is 1290. The molecule has 9 heteroatoms. The highest BCUT2D eigenvalue weighted by atomic mass is 35.5. The van der Waals surface area contributed by atoms with Gasteiger partial charge in [0.25, 0.3) is 10.0 Å². The van der Waals surface area contributed by atoms with Crippen molar-refractivity contribution in [2.24, 2.45) is 0 Å². The Balaban J connectivity index is 1.58. The van der Waals surface area contributed by atoms with Crippen molar-refractivity contribution in [2.45, 2.75) is 11.8 Å². The first-order valence-electron chi connectivity index (χ1n) is 11.3. The van der Waals surface area contributed by atoms with Gasteiger partial charge in [0.2, 0.25) is 5.91 Å². The van der Waals surface area contributed by atoms with Crippen LogP contribution in [0.25, 0.3) is 0 Å².